The minimum absolute atomic E-state index is 0.171. The molecule has 1 aromatic heterocycles. The maximum Gasteiger partial charge on any atom is 0.146 e. The summed E-state index contributed by atoms with van der Waals surface area (Å²) in [5.74, 6) is -0.171. The van der Waals surface area contributed by atoms with E-state index in [4.69, 9.17) is 0 Å². The number of piperazine rings is 1. The van der Waals surface area contributed by atoms with Crippen LogP contribution >= 0.6 is 0 Å². The maximum atomic E-state index is 13.9. The Morgan fingerprint density at radius 2 is 1.84 bits per heavy atom. The van der Waals surface area contributed by atoms with Crippen molar-refractivity contribution >= 4 is 16.6 Å². The summed E-state index contributed by atoms with van der Waals surface area (Å²) in [6.45, 7) is 3.76. The lowest BCUT2D eigenvalue weighted by atomic mass is 10.1. The molecule has 2 heterocycles. The number of anilines is 1. The van der Waals surface area contributed by atoms with E-state index >= 15 is 0 Å². The Morgan fingerprint density at radius 3 is 2.64 bits per heavy atom. The second kappa shape index (κ2) is 6.86. The summed E-state index contributed by atoms with van der Waals surface area (Å²) >= 11 is 0. The lowest BCUT2D eigenvalue weighted by Gasteiger charge is -2.37. The first-order valence-corrected chi connectivity index (χ1v) is 8.67. The van der Waals surface area contributed by atoms with Crippen LogP contribution in [0, 0.1) is 5.82 Å². The SMILES string of the molecule is O[C@H](CN1CCN(c2ccccc2F)CC1)c1ccc2cc[nH]c2c1. The van der Waals surface area contributed by atoms with Gasteiger partial charge in [-0.15, -0.1) is 0 Å². The maximum absolute atomic E-state index is 13.9. The Balaban J connectivity index is 1.37. The first kappa shape index (κ1) is 16.1. The average molecular weight is 339 g/mol. The fourth-order valence-corrected chi connectivity index (χ4v) is 3.50. The van der Waals surface area contributed by atoms with E-state index < -0.39 is 6.10 Å². The van der Waals surface area contributed by atoms with Crippen LogP contribution in [0.1, 0.15) is 11.7 Å². The molecule has 1 fully saturated rings. The van der Waals surface area contributed by atoms with Gasteiger partial charge in [-0.1, -0.05) is 24.3 Å². The number of fused-ring (bicyclic) bond motifs is 1. The van der Waals surface area contributed by atoms with Gasteiger partial charge < -0.3 is 15.0 Å². The highest BCUT2D eigenvalue weighted by Gasteiger charge is 2.21. The van der Waals surface area contributed by atoms with Crippen LogP contribution in [0.4, 0.5) is 10.1 Å². The molecule has 130 valence electrons. The molecule has 1 aliphatic rings. The zero-order chi connectivity index (χ0) is 17.2. The van der Waals surface area contributed by atoms with E-state index in [0.717, 1.165) is 42.6 Å². The van der Waals surface area contributed by atoms with Crippen LogP contribution in [-0.2, 0) is 0 Å². The van der Waals surface area contributed by atoms with Crippen molar-refractivity contribution in [2.75, 3.05) is 37.6 Å². The van der Waals surface area contributed by atoms with Crippen LogP contribution in [0.15, 0.2) is 54.7 Å². The molecule has 0 unspecified atom stereocenters. The molecule has 0 aliphatic carbocycles. The highest BCUT2D eigenvalue weighted by atomic mass is 19.1. The van der Waals surface area contributed by atoms with E-state index in [1.165, 1.54) is 6.07 Å². The number of halogens is 1. The van der Waals surface area contributed by atoms with Gasteiger partial charge in [0.15, 0.2) is 0 Å². The Labute approximate surface area is 146 Å². The molecule has 1 aliphatic heterocycles. The van der Waals surface area contributed by atoms with E-state index in [1.54, 1.807) is 6.07 Å². The normalized spacial score (nSPS) is 17.1. The number of nitrogens with zero attached hydrogens (tertiary/aromatic N) is 2. The fourth-order valence-electron chi connectivity index (χ4n) is 3.50. The van der Waals surface area contributed by atoms with Gasteiger partial charge in [-0.2, -0.15) is 0 Å². The van der Waals surface area contributed by atoms with Gasteiger partial charge >= 0.3 is 0 Å². The summed E-state index contributed by atoms with van der Waals surface area (Å²) in [6, 6.07) is 14.9. The number of hydrogen-bond donors (Lipinski definition) is 2. The number of aromatic amines is 1. The van der Waals surface area contributed by atoms with E-state index in [0.29, 0.717) is 12.2 Å². The van der Waals surface area contributed by atoms with Crippen LogP contribution < -0.4 is 4.90 Å². The largest absolute Gasteiger partial charge is 0.387 e. The molecule has 2 N–H and O–H groups in total. The highest BCUT2D eigenvalue weighted by molar-refractivity contribution is 5.79. The van der Waals surface area contributed by atoms with Crippen LogP contribution in [0.5, 0.6) is 0 Å². The summed E-state index contributed by atoms with van der Waals surface area (Å²) in [7, 11) is 0. The third-order valence-corrected chi connectivity index (χ3v) is 4.96. The van der Waals surface area contributed by atoms with Gasteiger partial charge in [-0.25, -0.2) is 4.39 Å². The fraction of sp³-hybridized carbons (Fsp3) is 0.300. The minimum atomic E-state index is -0.521. The number of aliphatic hydroxyl groups is 1. The molecule has 0 amide bonds. The number of β-amino-alcohol motifs (C(OH)–C–C–N with tert-alkyl or cyclic N) is 1. The number of aromatic nitrogens is 1. The third-order valence-electron chi connectivity index (χ3n) is 4.96. The van der Waals surface area contributed by atoms with Crippen LogP contribution in [-0.4, -0.2) is 47.7 Å². The zero-order valence-corrected chi connectivity index (χ0v) is 14.0. The highest BCUT2D eigenvalue weighted by Crippen LogP contribution is 2.23. The monoisotopic (exact) mass is 339 g/mol. The molecule has 1 saturated heterocycles. The van der Waals surface area contributed by atoms with Crippen molar-refractivity contribution in [2.45, 2.75) is 6.10 Å². The number of benzene rings is 2. The van der Waals surface area contributed by atoms with Crippen molar-refractivity contribution in [1.82, 2.24) is 9.88 Å². The Bertz CT molecular complexity index is 855. The van der Waals surface area contributed by atoms with Crippen molar-refractivity contribution in [2.24, 2.45) is 0 Å². The van der Waals surface area contributed by atoms with Gasteiger partial charge in [0.05, 0.1) is 11.8 Å². The molecule has 5 heteroatoms. The van der Waals surface area contributed by atoms with Gasteiger partial charge in [0, 0.05) is 44.4 Å². The summed E-state index contributed by atoms with van der Waals surface area (Å²) in [6.07, 6.45) is 1.38. The van der Waals surface area contributed by atoms with Crippen LogP contribution in [0.2, 0.25) is 0 Å². The van der Waals surface area contributed by atoms with E-state index in [-0.39, 0.29) is 5.82 Å². The molecular formula is C20H22FN3O. The topological polar surface area (TPSA) is 42.5 Å². The van der Waals surface area contributed by atoms with Gasteiger partial charge in [0.1, 0.15) is 5.82 Å². The number of rotatable bonds is 4. The second-order valence-electron chi connectivity index (χ2n) is 6.58. The number of H-pyrrole nitrogens is 1. The Morgan fingerprint density at radius 1 is 1.04 bits per heavy atom. The zero-order valence-electron chi connectivity index (χ0n) is 14.0. The van der Waals surface area contributed by atoms with Crippen molar-refractivity contribution in [3.05, 3.63) is 66.1 Å². The van der Waals surface area contributed by atoms with Crippen molar-refractivity contribution in [3.63, 3.8) is 0 Å². The van der Waals surface area contributed by atoms with Crippen LogP contribution in [0.3, 0.4) is 0 Å². The molecule has 0 bridgehead atoms. The number of nitrogens with one attached hydrogen (secondary N) is 1. The average Bonchev–Trinajstić information content (AvgIpc) is 3.10. The van der Waals surface area contributed by atoms with E-state index in [9.17, 15) is 9.50 Å². The molecule has 3 aromatic rings. The first-order valence-electron chi connectivity index (χ1n) is 8.67. The standard InChI is InChI=1S/C20H22FN3O/c21-17-3-1-2-4-19(17)24-11-9-23(10-12-24)14-20(25)16-6-5-15-7-8-22-18(15)13-16/h1-8,13,20,22,25H,9-12,14H2/t20-/m1/s1. The number of aliphatic hydroxyl groups excluding tert-OH is 1. The second-order valence-corrected chi connectivity index (χ2v) is 6.58. The third kappa shape index (κ3) is 3.38. The lowest BCUT2D eigenvalue weighted by Crippen LogP contribution is -2.47. The van der Waals surface area contributed by atoms with Crippen molar-refractivity contribution < 1.29 is 9.50 Å². The Hall–Kier alpha value is -2.37. The summed E-state index contributed by atoms with van der Waals surface area (Å²) in [5, 5.41) is 11.7. The molecule has 0 saturated carbocycles. The van der Waals surface area contributed by atoms with Gasteiger partial charge in [-0.05, 0) is 35.2 Å². The van der Waals surface area contributed by atoms with Gasteiger partial charge in [-0.3, -0.25) is 4.90 Å². The molecule has 2 aromatic carbocycles. The lowest BCUT2D eigenvalue weighted by molar-refractivity contribution is 0.109. The smallest absolute Gasteiger partial charge is 0.146 e. The van der Waals surface area contributed by atoms with Crippen molar-refractivity contribution in [1.29, 1.82) is 0 Å². The predicted molar refractivity (Wildman–Crippen MR) is 98.3 cm³/mol. The summed E-state index contributed by atoms with van der Waals surface area (Å²) in [4.78, 5) is 7.49. The molecular weight excluding hydrogens is 317 g/mol. The number of para-hydroxylation sites is 1. The number of hydrogen-bond acceptors (Lipinski definition) is 3. The minimum Gasteiger partial charge on any atom is -0.387 e. The molecule has 25 heavy (non-hydrogen) atoms. The quantitative estimate of drug-likeness (QED) is 0.767. The van der Waals surface area contributed by atoms with Gasteiger partial charge in [0.25, 0.3) is 0 Å². The van der Waals surface area contributed by atoms with E-state index in [1.807, 2.05) is 42.6 Å². The van der Waals surface area contributed by atoms with Gasteiger partial charge in [0.2, 0.25) is 0 Å². The molecule has 4 rings (SSSR count). The molecule has 4 nitrogen and oxygen atoms in total. The first-order chi connectivity index (χ1) is 12.2. The van der Waals surface area contributed by atoms with E-state index in [2.05, 4.69) is 14.8 Å². The van der Waals surface area contributed by atoms with Crippen molar-refractivity contribution in [3.8, 4) is 0 Å². The predicted octanol–water partition coefficient (Wildman–Crippen LogP) is 3.16. The molecule has 0 spiro atoms. The molecule has 0 radical (unpaired) electrons. The Kier molecular flexibility index (Phi) is 4.42. The summed E-state index contributed by atoms with van der Waals surface area (Å²) in [5.41, 5.74) is 2.63. The summed E-state index contributed by atoms with van der Waals surface area (Å²) < 4.78 is 13.9. The van der Waals surface area contributed by atoms with Crippen LogP contribution in [0.25, 0.3) is 10.9 Å². The molecule has 1 atom stereocenters.